The molecule has 1 N–H and O–H groups in total. The largest absolute Gasteiger partial charge is 0.483 e. The van der Waals surface area contributed by atoms with E-state index in [1.165, 1.54) is 0 Å². The van der Waals surface area contributed by atoms with Crippen LogP contribution >= 0.6 is 11.6 Å². The molecule has 4 nitrogen and oxygen atoms in total. The van der Waals surface area contributed by atoms with Gasteiger partial charge in [-0.2, -0.15) is 0 Å². The molecule has 4 rings (SSSR count). The highest BCUT2D eigenvalue weighted by molar-refractivity contribution is 6.30. The second kappa shape index (κ2) is 6.04. The molecular weight excluding hydrogens is 336 g/mol. The first kappa shape index (κ1) is 16.4. The summed E-state index contributed by atoms with van der Waals surface area (Å²) < 4.78 is 8.47. The molecule has 25 heavy (non-hydrogen) atoms. The molecule has 0 saturated carbocycles. The van der Waals surface area contributed by atoms with E-state index in [4.69, 9.17) is 21.3 Å². The number of nitrogens with zero attached hydrogens (tertiary/aromatic N) is 2. The van der Waals surface area contributed by atoms with E-state index in [0.717, 1.165) is 62.7 Å². The van der Waals surface area contributed by atoms with Crippen LogP contribution in [0.4, 0.5) is 0 Å². The van der Waals surface area contributed by atoms with Crippen molar-refractivity contribution in [3.63, 3.8) is 0 Å². The molecule has 0 saturated heterocycles. The Labute approximate surface area is 152 Å². The van der Waals surface area contributed by atoms with Crippen molar-refractivity contribution in [2.45, 2.75) is 39.4 Å². The van der Waals surface area contributed by atoms with Gasteiger partial charge < -0.3 is 14.4 Å². The minimum atomic E-state index is -0.0239. The highest BCUT2D eigenvalue weighted by atomic mass is 35.5. The summed E-state index contributed by atoms with van der Waals surface area (Å²) in [6.07, 6.45) is 1.72. The number of fused-ring (bicyclic) bond motifs is 3. The van der Waals surface area contributed by atoms with E-state index in [1.807, 2.05) is 42.8 Å². The second-order valence-electron chi connectivity index (χ2n) is 6.73. The lowest BCUT2D eigenvalue weighted by Gasteiger charge is -2.29. The molecule has 0 radical (unpaired) electrons. The molecule has 1 aromatic heterocycles. The van der Waals surface area contributed by atoms with E-state index in [-0.39, 0.29) is 12.7 Å². The predicted octanol–water partition coefficient (Wildman–Crippen LogP) is 4.40. The van der Waals surface area contributed by atoms with Gasteiger partial charge in [-0.3, -0.25) is 0 Å². The Morgan fingerprint density at radius 3 is 2.84 bits per heavy atom. The molecule has 1 aliphatic rings. The van der Waals surface area contributed by atoms with Gasteiger partial charge in [0.05, 0.1) is 12.1 Å². The summed E-state index contributed by atoms with van der Waals surface area (Å²) in [5, 5.41) is 10.5. The topological polar surface area (TPSA) is 47.3 Å². The minimum Gasteiger partial charge on any atom is -0.483 e. The summed E-state index contributed by atoms with van der Waals surface area (Å²) in [5.41, 5.74) is 6.17. The quantitative estimate of drug-likeness (QED) is 0.740. The van der Waals surface area contributed by atoms with Crippen molar-refractivity contribution >= 4 is 22.6 Å². The molecule has 2 heterocycles. The maximum absolute atomic E-state index is 9.81. The molecule has 2 aromatic carbocycles. The lowest BCUT2D eigenvalue weighted by atomic mass is 9.92. The van der Waals surface area contributed by atoms with Crippen molar-refractivity contribution in [2.75, 3.05) is 0 Å². The zero-order valence-corrected chi connectivity index (χ0v) is 15.4. The van der Waals surface area contributed by atoms with Gasteiger partial charge in [-0.15, -0.1) is 0 Å². The maximum atomic E-state index is 9.81. The van der Waals surface area contributed by atoms with Crippen molar-refractivity contribution in [3.8, 4) is 5.75 Å². The molecule has 0 bridgehead atoms. The van der Waals surface area contributed by atoms with Crippen LogP contribution in [-0.4, -0.2) is 14.7 Å². The van der Waals surface area contributed by atoms with E-state index in [9.17, 15) is 5.11 Å². The molecule has 3 aromatic rings. The Morgan fingerprint density at radius 2 is 2.12 bits per heavy atom. The van der Waals surface area contributed by atoms with Crippen LogP contribution in [0.25, 0.3) is 11.0 Å². The highest BCUT2D eigenvalue weighted by Crippen LogP contribution is 2.42. The zero-order valence-electron chi connectivity index (χ0n) is 14.6. The Morgan fingerprint density at radius 1 is 1.32 bits per heavy atom. The van der Waals surface area contributed by atoms with Gasteiger partial charge >= 0.3 is 0 Å². The highest BCUT2D eigenvalue weighted by Gasteiger charge is 2.28. The van der Waals surface area contributed by atoms with E-state index < -0.39 is 0 Å². The third-order valence-electron chi connectivity index (χ3n) is 5.22. The normalized spacial score (nSPS) is 16.8. The number of hydrogen-bond donors (Lipinski definition) is 1. The SMILES string of the molecule is Cc1cc(Cl)ccc1[C@@H]1CCc2c(CO)cc3c(nc(C)n3C)c2O1. The first-order chi connectivity index (χ1) is 12.0. The van der Waals surface area contributed by atoms with Crippen molar-refractivity contribution in [2.24, 2.45) is 7.05 Å². The third kappa shape index (κ3) is 2.60. The molecule has 1 aliphatic heterocycles. The Balaban J connectivity index is 1.85. The number of aromatic nitrogens is 2. The van der Waals surface area contributed by atoms with Crippen LogP contribution < -0.4 is 4.74 Å². The van der Waals surface area contributed by atoms with Crippen LogP contribution in [0, 0.1) is 13.8 Å². The fraction of sp³-hybridized carbons (Fsp3) is 0.350. The smallest absolute Gasteiger partial charge is 0.151 e. The van der Waals surface area contributed by atoms with Gasteiger partial charge in [-0.05, 0) is 61.6 Å². The molecule has 0 fully saturated rings. The number of aliphatic hydroxyl groups excluding tert-OH is 1. The predicted molar refractivity (Wildman–Crippen MR) is 99.3 cm³/mol. The summed E-state index contributed by atoms with van der Waals surface area (Å²) in [7, 11) is 1.99. The fourth-order valence-corrected chi connectivity index (χ4v) is 3.97. The van der Waals surface area contributed by atoms with Crippen molar-refractivity contribution in [1.29, 1.82) is 0 Å². The van der Waals surface area contributed by atoms with E-state index in [0.29, 0.717) is 0 Å². The molecule has 5 heteroatoms. The van der Waals surface area contributed by atoms with E-state index in [1.54, 1.807) is 0 Å². The minimum absolute atomic E-state index is 0.0104. The lowest BCUT2D eigenvalue weighted by molar-refractivity contribution is 0.176. The van der Waals surface area contributed by atoms with Gasteiger partial charge in [0.2, 0.25) is 0 Å². The number of rotatable bonds is 2. The van der Waals surface area contributed by atoms with Crippen molar-refractivity contribution in [3.05, 3.63) is 57.4 Å². The summed E-state index contributed by atoms with van der Waals surface area (Å²) in [6.45, 7) is 4.05. The van der Waals surface area contributed by atoms with E-state index in [2.05, 4.69) is 6.92 Å². The van der Waals surface area contributed by atoms with Crippen LogP contribution in [0.2, 0.25) is 5.02 Å². The van der Waals surface area contributed by atoms with Crippen LogP contribution in [0.1, 0.15) is 40.6 Å². The van der Waals surface area contributed by atoms with Crippen LogP contribution in [0.3, 0.4) is 0 Å². The summed E-state index contributed by atoms with van der Waals surface area (Å²) in [5.74, 6) is 1.75. The summed E-state index contributed by atoms with van der Waals surface area (Å²) >= 11 is 6.09. The van der Waals surface area contributed by atoms with Crippen LogP contribution in [0.5, 0.6) is 5.75 Å². The van der Waals surface area contributed by atoms with Gasteiger partial charge in [0.1, 0.15) is 17.4 Å². The van der Waals surface area contributed by atoms with Gasteiger partial charge in [0.15, 0.2) is 5.75 Å². The molecule has 130 valence electrons. The summed E-state index contributed by atoms with van der Waals surface area (Å²) in [4.78, 5) is 4.70. The van der Waals surface area contributed by atoms with Gasteiger partial charge in [-0.25, -0.2) is 4.98 Å². The molecule has 0 aliphatic carbocycles. The molecule has 0 unspecified atom stereocenters. The van der Waals surface area contributed by atoms with Crippen LogP contribution in [0.15, 0.2) is 24.3 Å². The van der Waals surface area contributed by atoms with Gasteiger partial charge in [0, 0.05) is 17.6 Å². The first-order valence-corrected chi connectivity index (χ1v) is 8.88. The Hall–Kier alpha value is -2.04. The Kier molecular flexibility index (Phi) is 3.97. The average molecular weight is 357 g/mol. The standard InChI is InChI=1S/C20H21ClN2O2/c1-11-8-14(21)4-5-15(11)18-7-6-16-13(10-24)9-17-19(20(16)25-18)22-12(2)23(17)3/h4-5,8-9,18,24H,6-7,10H2,1-3H3/t18-/m0/s1. The first-order valence-electron chi connectivity index (χ1n) is 8.51. The monoisotopic (exact) mass is 356 g/mol. The van der Waals surface area contributed by atoms with Crippen molar-refractivity contribution in [1.82, 2.24) is 9.55 Å². The fourth-order valence-electron chi connectivity index (χ4n) is 3.74. The number of ether oxygens (including phenoxy) is 1. The van der Waals surface area contributed by atoms with Crippen molar-refractivity contribution < 1.29 is 9.84 Å². The number of imidazole rings is 1. The summed E-state index contributed by atoms with van der Waals surface area (Å²) in [6, 6.07) is 7.96. The number of hydrogen-bond acceptors (Lipinski definition) is 3. The lowest BCUT2D eigenvalue weighted by Crippen LogP contribution is -2.18. The number of halogens is 1. The Bertz CT molecular complexity index is 978. The second-order valence-corrected chi connectivity index (χ2v) is 7.17. The van der Waals surface area contributed by atoms with Gasteiger partial charge in [0.25, 0.3) is 0 Å². The zero-order chi connectivity index (χ0) is 17.7. The number of aryl methyl sites for hydroxylation is 3. The molecular formula is C20H21ClN2O2. The van der Waals surface area contributed by atoms with Crippen LogP contribution in [-0.2, 0) is 20.1 Å². The number of benzene rings is 2. The van der Waals surface area contributed by atoms with E-state index >= 15 is 0 Å². The number of aliphatic hydroxyl groups is 1. The molecule has 0 spiro atoms. The molecule has 0 amide bonds. The maximum Gasteiger partial charge on any atom is 0.151 e. The third-order valence-corrected chi connectivity index (χ3v) is 5.45. The van der Waals surface area contributed by atoms with Gasteiger partial charge in [-0.1, -0.05) is 17.7 Å². The average Bonchev–Trinajstić information content (AvgIpc) is 2.89. The molecule has 1 atom stereocenters.